The summed E-state index contributed by atoms with van der Waals surface area (Å²) in [6.45, 7) is 1.97. The summed E-state index contributed by atoms with van der Waals surface area (Å²) in [5.41, 5.74) is 0.612. The highest BCUT2D eigenvalue weighted by atomic mass is 32.1. The van der Waals surface area contributed by atoms with Crippen LogP contribution < -0.4 is 5.32 Å². The first-order valence-corrected chi connectivity index (χ1v) is 13.1. The lowest BCUT2D eigenvalue weighted by Gasteiger charge is -2.56. The van der Waals surface area contributed by atoms with Gasteiger partial charge < -0.3 is 10.1 Å². The number of fused-ring (bicyclic) bond motifs is 1. The number of rotatable bonds is 6. The summed E-state index contributed by atoms with van der Waals surface area (Å²) < 4.78 is 6.97. The number of thiophene rings is 1. The SMILES string of the molecule is CCOC(=O)c1c(NC(=O)c2nn(C34CC5CC(CC(C5)C3)C4)cc2[N+](=O)[O-])sc2c1CCC2. The Morgan fingerprint density at radius 1 is 1.24 bits per heavy atom. The normalized spacial score (nSPS) is 28.7. The lowest BCUT2D eigenvalue weighted by molar-refractivity contribution is -0.385. The molecule has 1 amide bonds. The summed E-state index contributed by atoms with van der Waals surface area (Å²) >= 11 is 1.36. The van der Waals surface area contributed by atoms with E-state index >= 15 is 0 Å². The Hall–Kier alpha value is -2.75. The molecule has 0 aliphatic heterocycles. The Bertz CT molecular complexity index is 1160. The highest BCUT2D eigenvalue weighted by Gasteiger charge is 2.53. The van der Waals surface area contributed by atoms with Crippen LogP contribution in [0.2, 0.25) is 0 Å². The zero-order valence-corrected chi connectivity index (χ0v) is 20.0. The number of aryl methyl sites for hydroxylation is 1. The highest BCUT2D eigenvalue weighted by Crippen LogP contribution is 2.58. The molecule has 0 unspecified atom stereocenters. The van der Waals surface area contributed by atoms with E-state index in [1.165, 1.54) is 36.8 Å². The number of hydrogen-bond donors (Lipinski definition) is 1. The molecule has 10 heteroatoms. The van der Waals surface area contributed by atoms with E-state index in [1.807, 2.05) is 0 Å². The van der Waals surface area contributed by atoms with Gasteiger partial charge in [-0.1, -0.05) is 0 Å². The average Bonchev–Trinajstić information content (AvgIpc) is 3.47. The van der Waals surface area contributed by atoms with E-state index in [1.54, 1.807) is 11.6 Å². The van der Waals surface area contributed by atoms with Gasteiger partial charge in [0, 0.05) is 4.88 Å². The molecular weight excluding hydrogens is 456 g/mol. The minimum absolute atomic E-state index is 0.191. The lowest BCUT2D eigenvalue weighted by atomic mass is 9.53. The van der Waals surface area contributed by atoms with Crippen LogP contribution in [0, 0.1) is 27.9 Å². The molecule has 1 N–H and O–H groups in total. The maximum Gasteiger partial charge on any atom is 0.341 e. The number of anilines is 1. The number of carbonyl (C=O) groups excluding carboxylic acids is 2. The van der Waals surface area contributed by atoms with Crippen molar-refractivity contribution in [1.82, 2.24) is 9.78 Å². The maximum atomic E-state index is 13.3. The van der Waals surface area contributed by atoms with Gasteiger partial charge in [-0.2, -0.15) is 5.10 Å². The number of esters is 1. The smallest absolute Gasteiger partial charge is 0.341 e. The Morgan fingerprint density at radius 2 is 1.91 bits per heavy atom. The number of nitrogens with one attached hydrogen (secondary N) is 1. The van der Waals surface area contributed by atoms with Gasteiger partial charge in [0.2, 0.25) is 5.69 Å². The van der Waals surface area contributed by atoms with Crippen molar-refractivity contribution in [3.8, 4) is 0 Å². The van der Waals surface area contributed by atoms with Crippen molar-refractivity contribution in [1.29, 1.82) is 0 Å². The number of hydrogen-bond acceptors (Lipinski definition) is 7. The second-order valence-corrected chi connectivity index (χ2v) is 11.5. The van der Waals surface area contributed by atoms with Crippen LogP contribution in [0.4, 0.5) is 10.7 Å². The molecule has 4 saturated carbocycles. The Balaban J connectivity index is 1.33. The molecule has 7 rings (SSSR count). The van der Waals surface area contributed by atoms with Crippen molar-refractivity contribution in [2.24, 2.45) is 17.8 Å². The van der Waals surface area contributed by atoms with Crippen molar-refractivity contribution in [2.75, 3.05) is 11.9 Å². The van der Waals surface area contributed by atoms with Gasteiger partial charge in [0.15, 0.2) is 0 Å². The first-order chi connectivity index (χ1) is 16.4. The van der Waals surface area contributed by atoms with Crippen molar-refractivity contribution in [3.63, 3.8) is 0 Å². The van der Waals surface area contributed by atoms with Crippen LogP contribution in [0.3, 0.4) is 0 Å². The largest absolute Gasteiger partial charge is 0.462 e. The van der Waals surface area contributed by atoms with Gasteiger partial charge in [-0.3, -0.25) is 19.6 Å². The molecule has 2 aromatic rings. The fraction of sp³-hybridized carbons (Fsp3) is 0.625. The van der Waals surface area contributed by atoms with Crippen LogP contribution in [0.15, 0.2) is 6.20 Å². The fourth-order valence-electron chi connectivity index (χ4n) is 7.32. The van der Waals surface area contributed by atoms with E-state index in [2.05, 4.69) is 10.4 Å². The first kappa shape index (κ1) is 21.8. The van der Waals surface area contributed by atoms with E-state index in [0.29, 0.717) is 28.3 Å². The van der Waals surface area contributed by atoms with Crippen molar-refractivity contribution >= 4 is 33.9 Å². The summed E-state index contributed by atoms with van der Waals surface area (Å²) in [5.74, 6) is 0.818. The van der Waals surface area contributed by atoms with Gasteiger partial charge in [0.1, 0.15) is 11.2 Å². The number of aromatic nitrogens is 2. The number of nitro groups is 1. The number of amides is 1. The van der Waals surface area contributed by atoms with Gasteiger partial charge in [-0.15, -0.1) is 11.3 Å². The number of carbonyl (C=O) groups is 2. The molecular formula is C24H28N4O5S. The van der Waals surface area contributed by atoms with Crippen LogP contribution >= 0.6 is 11.3 Å². The van der Waals surface area contributed by atoms with Crippen molar-refractivity contribution in [2.45, 2.75) is 70.3 Å². The van der Waals surface area contributed by atoms with E-state index in [9.17, 15) is 19.7 Å². The van der Waals surface area contributed by atoms with Crippen LogP contribution in [0.25, 0.3) is 0 Å². The standard InChI is InChI=1S/C24H28N4O5S/c1-2-33-23(30)19-16-4-3-5-18(16)34-22(19)25-21(29)20-17(28(31)32)12-27(26-20)24-9-13-6-14(10-24)8-15(7-13)11-24/h12-15H,2-11H2,1H3,(H,25,29). The van der Waals surface area contributed by atoms with Gasteiger partial charge in [0.25, 0.3) is 5.91 Å². The minimum atomic E-state index is -0.652. The number of ether oxygens (including phenoxy) is 1. The third kappa shape index (κ3) is 3.37. The lowest BCUT2D eigenvalue weighted by Crippen LogP contribution is -2.52. The summed E-state index contributed by atoms with van der Waals surface area (Å²) in [4.78, 5) is 38.4. The third-order valence-corrected chi connectivity index (χ3v) is 9.43. The number of nitrogens with zero attached hydrogens (tertiary/aromatic N) is 3. The molecule has 180 valence electrons. The highest BCUT2D eigenvalue weighted by molar-refractivity contribution is 7.17. The van der Waals surface area contributed by atoms with E-state index < -0.39 is 16.8 Å². The molecule has 0 aromatic carbocycles. The molecule has 0 atom stereocenters. The molecule has 2 heterocycles. The molecule has 9 nitrogen and oxygen atoms in total. The van der Waals surface area contributed by atoms with Crippen LogP contribution in [0.1, 0.15) is 83.2 Å². The summed E-state index contributed by atoms with van der Waals surface area (Å²) in [7, 11) is 0. The second-order valence-electron chi connectivity index (χ2n) is 10.4. The molecule has 34 heavy (non-hydrogen) atoms. The quantitative estimate of drug-likeness (QED) is 0.361. The molecule has 5 aliphatic rings. The molecule has 5 aliphatic carbocycles. The van der Waals surface area contributed by atoms with Crippen LogP contribution in [-0.4, -0.2) is 33.2 Å². The zero-order chi connectivity index (χ0) is 23.6. The molecule has 0 saturated heterocycles. The Kier molecular flexibility index (Phi) is 5.05. The Morgan fingerprint density at radius 3 is 2.53 bits per heavy atom. The molecule has 4 bridgehead atoms. The minimum Gasteiger partial charge on any atom is -0.462 e. The zero-order valence-electron chi connectivity index (χ0n) is 19.2. The van der Waals surface area contributed by atoms with Crippen LogP contribution in [-0.2, 0) is 23.1 Å². The molecule has 2 aromatic heterocycles. The summed E-state index contributed by atoms with van der Waals surface area (Å²) in [6, 6.07) is 0. The predicted molar refractivity (Wildman–Crippen MR) is 125 cm³/mol. The van der Waals surface area contributed by atoms with Gasteiger partial charge in [0.05, 0.1) is 22.6 Å². The van der Waals surface area contributed by atoms with E-state index in [4.69, 9.17) is 4.74 Å². The van der Waals surface area contributed by atoms with Gasteiger partial charge in [-0.05, 0) is 88.0 Å². The molecule has 0 spiro atoms. The topological polar surface area (TPSA) is 116 Å². The van der Waals surface area contributed by atoms with Crippen LogP contribution in [0.5, 0.6) is 0 Å². The molecule has 0 radical (unpaired) electrons. The monoisotopic (exact) mass is 484 g/mol. The van der Waals surface area contributed by atoms with E-state index in [-0.39, 0.29) is 23.5 Å². The van der Waals surface area contributed by atoms with Crippen molar-refractivity contribution < 1.29 is 19.2 Å². The van der Waals surface area contributed by atoms with Gasteiger partial charge >= 0.3 is 11.7 Å². The second kappa shape index (κ2) is 7.90. The summed E-state index contributed by atoms with van der Waals surface area (Å²) in [6.07, 6.45) is 10.7. The van der Waals surface area contributed by atoms with Gasteiger partial charge in [-0.25, -0.2) is 4.79 Å². The fourth-order valence-corrected chi connectivity index (χ4v) is 8.59. The molecule has 4 fully saturated rings. The van der Waals surface area contributed by atoms with Crippen molar-refractivity contribution in [3.05, 3.63) is 38.0 Å². The third-order valence-electron chi connectivity index (χ3n) is 8.23. The first-order valence-electron chi connectivity index (χ1n) is 12.2. The maximum absolute atomic E-state index is 13.3. The Labute approximate surface area is 201 Å². The van der Waals surface area contributed by atoms with E-state index in [0.717, 1.165) is 49.0 Å². The average molecular weight is 485 g/mol. The predicted octanol–water partition coefficient (Wildman–Crippen LogP) is 4.70. The summed E-state index contributed by atoms with van der Waals surface area (Å²) in [5, 5.41) is 19.6.